The van der Waals surface area contributed by atoms with Gasteiger partial charge in [0.2, 0.25) is 0 Å². The molecule has 1 fully saturated rings. The second kappa shape index (κ2) is 5.56. The van der Waals surface area contributed by atoms with Crippen LogP contribution in [0.4, 0.5) is 9.18 Å². The third-order valence-corrected chi connectivity index (χ3v) is 6.50. The van der Waals surface area contributed by atoms with E-state index in [2.05, 4.69) is 0 Å². The first kappa shape index (κ1) is 13.3. The van der Waals surface area contributed by atoms with E-state index in [0.29, 0.717) is 13.2 Å². The van der Waals surface area contributed by atoms with Crippen molar-refractivity contribution in [2.24, 2.45) is 0 Å². The number of halogens is 1. The van der Waals surface area contributed by atoms with Gasteiger partial charge in [-0.2, -0.15) is 4.08 Å². The van der Waals surface area contributed by atoms with E-state index in [-0.39, 0.29) is 0 Å². The van der Waals surface area contributed by atoms with Crippen molar-refractivity contribution in [2.45, 2.75) is 6.42 Å². The predicted molar refractivity (Wildman–Crippen MR) is 60.4 cm³/mol. The minimum absolute atomic E-state index is 0.537. The van der Waals surface area contributed by atoms with Crippen LogP contribution in [-0.2, 0) is 20.9 Å². The van der Waals surface area contributed by atoms with Crippen LogP contribution in [0.1, 0.15) is 6.42 Å². The molecule has 1 heterocycles. The largest absolute Gasteiger partial charge is 0.410 e. The molecular formula is C6H12FN2O3PS2. The van der Waals surface area contributed by atoms with Crippen LogP contribution in [0.2, 0.25) is 0 Å². The second-order valence-corrected chi connectivity index (χ2v) is 7.75. The molecule has 0 bridgehead atoms. The van der Waals surface area contributed by atoms with Gasteiger partial charge in [-0.25, -0.2) is 9.10 Å². The van der Waals surface area contributed by atoms with E-state index in [1.165, 1.54) is 11.1 Å². The molecule has 5 nitrogen and oxygen atoms in total. The number of amides is 1. The summed E-state index contributed by atoms with van der Waals surface area (Å²) in [5.41, 5.74) is 0. The number of carbonyl (C=O) groups is 1. The quantitative estimate of drug-likeness (QED) is 0.340. The third-order valence-electron chi connectivity index (χ3n) is 1.63. The van der Waals surface area contributed by atoms with Crippen LogP contribution < -0.4 is 0 Å². The molecule has 15 heavy (non-hydrogen) atoms. The number of nitrogens with zero attached hydrogens (tertiary/aromatic N) is 2. The summed E-state index contributed by atoms with van der Waals surface area (Å²) in [6.07, 6.45) is -0.736. The van der Waals surface area contributed by atoms with Gasteiger partial charge in [0.25, 0.3) is 6.64 Å². The molecule has 1 amide bonds. The Morgan fingerprint density at radius 2 is 2.00 bits per heavy atom. The van der Waals surface area contributed by atoms with E-state index in [1.54, 1.807) is 7.05 Å². The standard InChI is InChI=1S/C6H12FN2O3PS2/c1-8(6(7)10)15-9(2)13(14)11-4-3-5-12-13/h3-5H2,1-2H3. The first-order valence-electron chi connectivity index (χ1n) is 4.20. The van der Waals surface area contributed by atoms with Gasteiger partial charge < -0.3 is 9.05 Å². The highest BCUT2D eigenvalue weighted by Gasteiger charge is 2.30. The molecular weight excluding hydrogens is 262 g/mol. The highest BCUT2D eigenvalue weighted by Crippen LogP contribution is 2.56. The molecule has 0 saturated carbocycles. The van der Waals surface area contributed by atoms with Crippen LogP contribution >= 0.6 is 18.8 Å². The Hall–Kier alpha value is 0.280. The van der Waals surface area contributed by atoms with Crippen LogP contribution in [0.15, 0.2) is 0 Å². The number of rotatable bonds is 3. The van der Waals surface area contributed by atoms with Crippen molar-refractivity contribution in [3.8, 4) is 0 Å². The lowest BCUT2D eigenvalue weighted by Crippen LogP contribution is -2.23. The summed E-state index contributed by atoms with van der Waals surface area (Å²) in [4.78, 5) is 10.4. The molecule has 0 aliphatic carbocycles. The van der Waals surface area contributed by atoms with Crippen molar-refractivity contribution in [2.75, 3.05) is 27.3 Å². The minimum atomic E-state index is -2.53. The molecule has 1 aliphatic heterocycles. The van der Waals surface area contributed by atoms with Crippen LogP contribution in [0.3, 0.4) is 0 Å². The predicted octanol–water partition coefficient (Wildman–Crippen LogP) is 2.16. The molecule has 1 saturated heterocycles. The van der Waals surface area contributed by atoms with Gasteiger partial charge in [0, 0.05) is 14.1 Å². The molecule has 0 unspecified atom stereocenters. The summed E-state index contributed by atoms with van der Waals surface area (Å²) in [5, 5.41) is 0. The summed E-state index contributed by atoms with van der Waals surface area (Å²) in [6.45, 7) is -1.45. The molecule has 88 valence electrons. The zero-order valence-electron chi connectivity index (χ0n) is 8.38. The Labute approximate surface area is 97.4 Å². The van der Waals surface area contributed by atoms with Crippen molar-refractivity contribution >= 4 is 36.7 Å². The fourth-order valence-corrected chi connectivity index (χ4v) is 4.10. The smallest absolute Gasteiger partial charge is 0.317 e. The van der Waals surface area contributed by atoms with Gasteiger partial charge in [0.15, 0.2) is 0 Å². The average Bonchev–Trinajstić information content (AvgIpc) is 2.18. The van der Waals surface area contributed by atoms with Gasteiger partial charge in [0.1, 0.15) is 0 Å². The minimum Gasteiger partial charge on any atom is -0.317 e. The Bertz CT molecular complexity index is 284. The topological polar surface area (TPSA) is 42.0 Å². The van der Waals surface area contributed by atoms with E-state index in [0.717, 1.165) is 22.9 Å². The first-order valence-corrected chi connectivity index (χ1v) is 7.52. The van der Waals surface area contributed by atoms with Gasteiger partial charge >= 0.3 is 6.16 Å². The summed E-state index contributed by atoms with van der Waals surface area (Å²) in [7, 11) is 2.94. The SMILES string of the molecule is CN(SN(C)P1(=S)OCCCO1)C(=O)F. The molecule has 0 N–H and O–H groups in total. The number of hydrogen-bond donors (Lipinski definition) is 0. The van der Waals surface area contributed by atoms with Gasteiger partial charge in [-0.3, -0.25) is 0 Å². The zero-order valence-corrected chi connectivity index (χ0v) is 10.9. The maximum Gasteiger partial charge on any atom is 0.410 e. The van der Waals surface area contributed by atoms with E-state index < -0.39 is 12.8 Å². The molecule has 0 aromatic rings. The Balaban J connectivity index is 2.55. The fraction of sp³-hybridized carbons (Fsp3) is 0.833. The van der Waals surface area contributed by atoms with Gasteiger partial charge in [-0.1, -0.05) is 0 Å². The van der Waals surface area contributed by atoms with Crippen molar-refractivity contribution in [3.63, 3.8) is 0 Å². The van der Waals surface area contributed by atoms with Crippen LogP contribution in [0, 0.1) is 0 Å². The summed E-state index contributed by atoms with van der Waals surface area (Å²) >= 11 is 6.04. The molecule has 0 atom stereocenters. The normalized spacial score (nSPS) is 20.3. The van der Waals surface area contributed by atoms with Gasteiger partial charge in [-0.15, -0.1) is 4.39 Å². The van der Waals surface area contributed by atoms with E-state index in [1.807, 2.05) is 0 Å². The van der Waals surface area contributed by atoms with Crippen LogP contribution in [0.5, 0.6) is 0 Å². The molecule has 1 aliphatic rings. The Kier molecular flexibility index (Phi) is 4.95. The second-order valence-electron chi connectivity index (χ2n) is 2.78. The number of carbonyl (C=O) groups excluding carboxylic acids is 1. The van der Waals surface area contributed by atoms with Crippen LogP contribution in [-0.4, -0.2) is 41.9 Å². The lowest BCUT2D eigenvalue weighted by Gasteiger charge is -2.33. The van der Waals surface area contributed by atoms with Gasteiger partial charge in [-0.05, 0) is 18.2 Å². The average molecular weight is 274 g/mol. The van der Waals surface area contributed by atoms with Crippen molar-refractivity contribution in [3.05, 3.63) is 0 Å². The lowest BCUT2D eigenvalue weighted by atomic mass is 10.5. The van der Waals surface area contributed by atoms with E-state index in [9.17, 15) is 9.18 Å². The summed E-state index contributed by atoms with van der Waals surface area (Å²) < 4.78 is 25.3. The zero-order chi connectivity index (χ0) is 11.5. The van der Waals surface area contributed by atoms with E-state index in [4.69, 9.17) is 20.9 Å². The number of hydrogen-bond acceptors (Lipinski definition) is 5. The van der Waals surface area contributed by atoms with Crippen molar-refractivity contribution in [1.82, 2.24) is 8.38 Å². The van der Waals surface area contributed by atoms with Gasteiger partial charge in [0.05, 0.1) is 25.3 Å². The molecule has 0 radical (unpaired) electrons. The maximum absolute atomic E-state index is 12.3. The maximum atomic E-state index is 12.3. The lowest BCUT2D eigenvalue weighted by molar-refractivity contribution is 0.165. The Morgan fingerprint density at radius 1 is 1.47 bits per heavy atom. The Morgan fingerprint density at radius 3 is 2.47 bits per heavy atom. The third kappa shape index (κ3) is 3.65. The summed E-state index contributed by atoms with van der Waals surface area (Å²) in [6, 6.07) is 0. The molecule has 9 heteroatoms. The fourth-order valence-electron chi connectivity index (χ4n) is 0.873. The van der Waals surface area contributed by atoms with E-state index >= 15 is 0 Å². The van der Waals surface area contributed by atoms with Crippen LogP contribution in [0.25, 0.3) is 0 Å². The molecule has 0 aromatic heterocycles. The molecule has 1 rings (SSSR count). The monoisotopic (exact) mass is 274 g/mol. The van der Waals surface area contributed by atoms with Crippen molar-refractivity contribution in [1.29, 1.82) is 0 Å². The highest BCUT2D eigenvalue weighted by molar-refractivity contribution is 8.15. The molecule has 0 aromatic carbocycles. The summed E-state index contributed by atoms with van der Waals surface area (Å²) in [5.74, 6) is 0. The van der Waals surface area contributed by atoms with Crippen molar-refractivity contribution < 1.29 is 18.2 Å². The highest BCUT2D eigenvalue weighted by atomic mass is 32.5. The first-order chi connectivity index (χ1) is 6.96. The molecule has 0 spiro atoms.